The van der Waals surface area contributed by atoms with Gasteiger partial charge in [-0.3, -0.25) is 4.40 Å². The monoisotopic (exact) mass is 292 g/mol. The third-order valence-electron chi connectivity index (χ3n) is 3.05. The van der Waals surface area contributed by atoms with Crippen molar-refractivity contribution in [1.29, 1.82) is 0 Å². The van der Waals surface area contributed by atoms with Gasteiger partial charge >= 0.3 is 6.01 Å². The molecular formula is C12H16N6OS. The molecule has 8 heteroatoms. The van der Waals surface area contributed by atoms with Crippen LogP contribution in [0.15, 0.2) is 10.6 Å². The van der Waals surface area contributed by atoms with Crippen molar-refractivity contribution in [1.82, 2.24) is 24.9 Å². The summed E-state index contributed by atoms with van der Waals surface area (Å²) in [5.41, 5.74) is 2.19. The molecule has 0 bridgehead atoms. The van der Waals surface area contributed by atoms with Crippen LogP contribution in [0.5, 0.6) is 0 Å². The number of thiazole rings is 1. The van der Waals surface area contributed by atoms with Crippen LogP contribution in [-0.2, 0) is 13.1 Å². The Hall–Kier alpha value is -1.93. The fraction of sp³-hybridized carbons (Fsp3) is 0.417. The maximum absolute atomic E-state index is 5.42. The van der Waals surface area contributed by atoms with Gasteiger partial charge in [-0.1, -0.05) is 5.10 Å². The molecule has 0 amide bonds. The number of nitrogens with one attached hydrogen (secondary N) is 2. The molecule has 3 rings (SSSR count). The summed E-state index contributed by atoms with van der Waals surface area (Å²) in [7, 11) is 1.83. The van der Waals surface area contributed by atoms with E-state index in [1.54, 1.807) is 11.3 Å². The van der Waals surface area contributed by atoms with E-state index in [4.69, 9.17) is 4.42 Å². The fourth-order valence-corrected chi connectivity index (χ4v) is 2.87. The van der Waals surface area contributed by atoms with E-state index in [2.05, 4.69) is 44.1 Å². The molecule has 0 atom stereocenters. The third kappa shape index (κ3) is 2.39. The first-order chi connectivity index (χ1) is 9.67. The number of aromatic nitrogens is 4. The standard InChI is InChI=1S/C12H16N6OS/c1-7-8(2)20-12-15-9(6-18(7)12)4-14-11-17-16-10(19-11)5-13-3/h6,13H,4-5H2,1-3H3,(H,14,17). The first-order valence-electron chi connectivity index (χ1n) is 6.32. The summed E-state index contributed by atoms with van der Waals surface area (Å²) in [6.07, 6.45) is 2.03. The highest BCUT2D eigenvalue weighted by molar-refractivity contribution is 7.17. The average molecular weight is 292 g/mol. The quantitative estimate of drug-likeness (QED) is 0.745. The highest BCUT2D eigenvalue weighted by Crippen LogP contribution is 2.22. The van der Waals surface area contributed by atoms with Crippen LogP contribution in [0, 0.1) is 13.8 Å². The van der Waals surface area contributed by atoms with E-state index >= 15 is 0 Å². The van der Waals surface area contributed by atoms with E-state index in [9.17, 15) is 0 Å². The second-order valence-corrected chi connectivity index (χ2v) is 5.69. The Morgan fingerprint density at radius 1 is 1.30 bits per heavy atom. The summed E-state index contributed by atoms with van der Waals surface area (Å²) in [5.74, 6) is 0.562. The highest BCUT2D eigenvalue weighted by Gasteiger charge is 2.10. The van der Waals surface area contributed by atoms with E-state index < -0.39 is 0 Å². The maximum atomic E-state index is 5.42. The molecule has 2 N–H and O–H groups in total. The van der Waals surface area contributed by atoms with Gasteiger partial charge in [0.1, 0.15) is 0 Å². The molecule has 0 aliphatic carbocycles. The van der Waals surface area contributed by atoms with Crippen LogP contribution in [0.4, 0.5) is 6.01 Å². The van der Waals surface area contributed by atoms with Crippen molar-refractivity contribution < 1.29 is 4.42 Å². The van der Waals surface area contributed by atoms with Crippen LogP contribution in [0.25, 0.3) is 4.96 Å². The molecule has 0 saturated carbocycles. The number of anilines is 1. The van der Waals surface area contributed by atoms with Gasteiger partial charge in [0, 0.05) is 16.8 Å². The summed E-state index contributed by atoms with van der Waals surface area (Å²) in [5, 5.41) is 13.9. The predicted molar refractivity (Wildman–Crippen MR) is 76.9 cm³/mol. The summed E-state index contributed by atoms with van der Waals surface area (Å²) < 4.78 is 7.52. The van der Waals surface area contributed by atoms with Crippen LogP contribution >= 0.6 is 11.3 Å². The molecule has 20 heavy (non-hydrogen) atoms. The van der Waals surface area contributed by atoms with Crippen LogP contribution in [0.2, 0.25) is 0 Å². The average Bonchev–Trinajstić information content (AvgIpc) is 3.08. The molecule has 0 spiro atoms. The molecule has 106 valence electrons. The molecular weight excluding hydrogens is 276 g/mol. The first-order valence-corrected chi connectivity index (χ1v) is 7.14. The number of fused-ring (bicyclic) bond motifs is 1. The number of nitrogens with zero attached hydrogens (tertiary/aromatic N) is 4. The number of imidazole rings is 1. The van der Waals surface area contributed by atoms with Gasteiger partial charge in [0.05, 0.1) is 18.8 Å². The minimum Gasteiger partial charge on any atom is -0.407 e. The van der Waals surface area contributed by atoms with E-state index in [1.807, 2.05) is 13.2 Å². The van der Waals surface area contributed by atoms with Crippen LogP contribution in [0.1, 0.15) is 22.2 Å². The third-order valence-corrected chi connectivity index (χ3v) is 4.13. The highest BCUT2D eigenvalue weighted by atomic mass is 32.1. The molecule has 0 aromatic carbocycles. The number of hydrogen-bond acceptors (Lipinski definition) is 7. The smallest absolute Gasteiger partial charge is 0.315 e. The lowest BCUT2D eigenvalue weighted by Crippen LogP contribution is -2.04. The lowest BCUT2D eigenvalue weighted by molar-refractivity contribution is 0.489. The van der Waals surface area contributed by atoms with Crippen LogP contribution in [0.3, 0.4) is 0 Å². The Labute approximate surface area is 120 Å². The topological polar surface area (TPSA) is 80.3 Å². The summed E-state index contributed by atoms with van der Waals surface area (Å²) in [6.45, 7) is 5.33. The molecule has 0 saturated heterocycles. The Balaban J connectivity index is 1.69. The zero-order valence-electron chi connectivity index (χ0n) is 11.6. The number of rotatable bonds is 5. The first kappa shape index (κ1) is 13.1. The van der Waals surface area contributed by atoms with Crippen molar-refractivity contribution in [2.45, 2.75) is 26.9 Å². The molecule has 0 radical (unpaired) electrons. The lowest BCUT2D eigenvalue weighted by atomic mass is 10.4. The van der Waals surface area contributed by atoms with Crippen molar-refractivity contribution in [3.05, 3.63) is 28.4 Å². The Bertz CT molecular complexity index is 728. The van der Waals surface area contributed by atoms with E-state index in [0.29, 0.717) is 25.0 Å². The lowest BCUT2D eigenvalue weighted by Gasteiger charge is -1.97. The minimum atomic E-state index is 0.416. The summed E-state index contributed by atoms with van der Waals surface area (Å²) in [4.78, 5) is 6.87. The molecule has 0 aliphatic heterocycles. The van der Waals surface area contributed by atoms with Crippen molar-refractivity contribution in [2.24, 2.45) is 0 Å². The Kier molecular flexibility index (Phi) is 3.41. The Morgan fingerprint density at radius 2 is 2.15 bits per heavy atom. The van der Waals surface area contributed by atoms with Crippen LogP contribution < -0.4 is 10.6 Å². The second kappa shape index (κ2) is 5.22. The Morgan fingerprint density at radius 3 is 2.90 bits per heavy atom. The number of hydrogen-bond donors (Lipinski definition) is 2. The van der Waals surface area contributed by atoms with Gasteiger partial charge < -0.3 is 15.1 Å². The zero-order valence-corrected chi connectivity index (χ0v) is 12.4. The minimum absolute atomic E-state index is 0.416. The predicted octanol–water partition coefficient (Wildman–Crippen LogP) is 1.73. The fourth-order valence-electron chi connectivity index (χ4n) is 1.90. The van der Waals surface area contributed by atoms with Crippen molar-refractivity contribution in [3.63, 3.8) is 0 Å². The van der Waals surface area contributed by atoms with Gasteiger partial charge in [0.15, 0.2) is 4.96 Å². The number of aryl methyl sites for hydroxylation is 2. The molecule has 3 heterocycles. The summed E-state index contributed by atoms with van der Waals surface area (Å²) in [6, 6.07) is 0.416. The molecule has 0 fully saturated rings. The molecule has 3 aromatic rings. The van der Waals surface area contributed by atoms with Crippen molar-refractivity contribution >= 4 is 22.3 Å². The van der Waals surface area contributed by atoms with Crippen molar-refractivity contribution in [3.8, 4) is 0 Å². The van der Waals surface area contributed by atoms with Crippen LogP contribution in [-0.4, -0.2) is 26.6 Å². The normalized spacial score (nSPS) is 11.3. The van der Waals surface area contributed by atoms with E-state index in [1.165, 1.54) is 10.6 Å². The molecule has 0 aliphatic rings. The zero-order chi connectivity index (χ0) is 14.1. The van der Waals surface area contributed by atoms with Gasteiger partial charge in [0.2, 0.25) is 5.89 Å². The SMILES string of the molecule is CNCc1nnc(NCc2cn3c(C)c(C)sc3n2)o1. The van der Waals surface area contributed by atoms with Crippen molar-refractivity contribution in [2.75, 3.05) is 12.4 Å². The largest absolute Gasteiger partial charge is 0.407 e. The second-order valence-electron chi connectivity index (χ2n) is 4.51. The van der Waals surface area contributed by atoms with Gasteiger partial charge in [0.25, 0.3) is 0 Å². The molecule has 0 unspecified atom stereocenters. The molecule has 7 nitrogen and oxygen atoms in total. The van der Waals surface area contributed by atoms with Gasteiger partial charge in [-0.2, -0.15) is 0 Å². The molecule has 3 aromatic heterocycles. The van der Waals surface area contributed by atoms with Gasteiger partial charge in [-0.15, -0.1) is 16.4 Å². The maximum Gasteiger partial charge on any atom is 0.315 e. The van der Waals surface area contributed by atoms with E-state index in [0.717, 1.165) is 10.7 Å². The van der Waals surface area contributed by atoms with Gasteiger partial charge in [-0.25, -0.2) is 4.98 Å². The van der Waals surface area contributed by atoms with Gasteiger partial charge in [-0.05, 0) is 20.9 Å². The van der Waals surface area contributed by atoms with E-state index in [-0.39, 0.29) is 0 Å². The summed E-state index contributed by atoms with van der Waals surface area (Å²) >= 11 is 1.70.